The van der Waals surface area contributed by atoms with E-state index in [9.17, 15) is 22.8 Å². The zero-order valence-electron chi connectivity index (χ0n) is 19.0. The molecule has 1 saturated heterocycles. The van der Waals surface area contributed by atoms with Gasteiger partial charge in [0.15, 0.2) is 5.78 Å². The number of alkyl halides is 3. The molecule has 1 fully saturated rings. The fourth-order valence-corrected chi connectivity index (χ4v) is 3.33. The van der Waals surface area contributed by atoms with E-state index in [-0.39, 0.29) is 18.3 Å². The van der Waals surface area contributed by atoms with E-state index >= 15 is 0 Å². The zero-order chi connectivity index (χ0) is 25.0. The minimum atomic E-state index is -5.08. The second-order valence-corrected chi connectivity index (χ2v) is 8.55. The number of aliphatic carboxylic acids is 1. The van der Waals surface area contributed by atoms with Gasteiger partial charge in [0.05, 0.1) is 0 Å². The first kappa shape index (κ1) is 26.2. The van der Waals surface area contributed by atoms with Crippen LogP contribution in [0.2, 0.25) is 0 Å². The molecular weight excluding hydrogens is 443 g/mol. The number of aromatic nitrogens is 1. The highest BCUT2D eigenvalue weighted by atomic mass is 19.4. The molecule has 182 valence electrons. The number of fused-ring (bicyclic) bond motifs is 1. The molecule has 1 aliphatic rings. The largest absolute Gasteiger partial charge is 0.490 e. The van der Waals surface area contributed by atoms with E-state index in [2.05, 4.69) is 22.3 Å². The van der Waals surface area contributed by atoms with Crippen molar-refractivity contribution < 1.29 is 37.4 Å². The smallest absolute Gasteiger partial charge is 0.475 e. The first-order valence-corrected chi connectivity index (χ1v) is 10.3. The summed E-state index contributed by atoms with van der Waals surface area (Å²) in [4.78, 5) is 35.6. The topological polar surface area (TPSA) is 101 Å². The third kappa shape index (κ3) is 7.48. The summed E-state index contributed by atoms with van der Waals surface area (Å²) in [5.74, 6) is -3.07. The van der Waals surface area contributed by atoms with Gasteiger partial charge in [-0.25, -0.2) is 4.79 Å². The molecule has 11 heteroatoms. The molecule has 0 radical (unpaired) electrons. The summed E-state index contributed by atoms with van der Waals surface area (Å²) >= 11 is 0. The summed E-state index contributed by atoms with van der Waals surface area (Å²) in [6, 6.07) is 6.11. The lowest BCUT2D eigenvalue weighted by molar-refractivity contribution is -0.192. The lowest BCUT2D eigenvalue weighted by Crippen LogP contribution is -2.43. The summed E-state index contributed by atoms with van der Waals surface area (Å²) in [5.41, 5.74) is 2.09. The van der Waals surface area contributed by atoms with Crippen molar-refractivity contribution in [3.63, 3.8) is 0 Å². The summed E-state index contributed by atoms with van der Waals surface area (Å²) in [6.07, 6.45) is -3.32. The Morgan fingerprint density at radius 1 is 1.12 bits per heavy atom. The molecule has 1 aromatic carbocycles. The van der Waals surface area contributed by atoms with Crippen LogP contribution in [0.4, 0.5) is 18.9 Å². The predicted molar refractivity (Wildman–Crippen MR) is 117 cm³/mol. The van der Waals surface area contributed by atoms with Crippen LogP contribution in [0, 0.1) is 0 Å². The maximum absolute atomic E-state index is 12.2. The molecule has 3 rings (SSSR count). The molecule has 2 heterocycles. The van der Waals surface area contributed by atoms with Crippen molar-refractivity contribution in [1.29, 1.82) is 0 Å². The number of ether oxygens (including phenoxy) is 1. The number of hydrogen-bond donors (Lipinski definition) is 2. The Morgan fingerprint density at radius 2 is 1.70 bits per heavy atom. The van der Waals surface area contributed by atoms with Crippen LogP contribution in [0.1, 0.15) is 38.1 Å². The molecule has 0 bridgehead atoms. The van der Waals surface area contributed by atoms with Crippen molar-refractivity contribution >= 4 is 34.3 Å². The van der Waals surface area contributed by atoms with E-state index in [1.54, 1.807) is 13.1 Å². The monoisotopic (exact) mass is 471 g/mol. The van der Waals surface area contributed by atoms with Gasteiger partial charge >= 0.3 is 18.1 Å². The quantitative estimate of drug-likeness (QED) is 0.522. The Morgan fingerprint density at radius 3 is 2.18 bits per heavy atom. The molecule has 2 aromatic rings. The number of nitrogens with zero attached hydrogens (tertiary/aromatic N) is 2. The first-order chi connectivity index (χ1) is 15.2. The lowest BCUT2D eigenvalue weighted by atomic mass is 10.1. The average molecular weight is 471 g/mol. The number of Topliss-reactive ketones (excluding diaryl/α,β-unsaturated/α-hetero) is 1. The van der Waals surface area contributed by atoms with Crippen molar-refractivity contribution in [3.8, 4) is 0 Å². The van der Waals surface area contributed by atoms with Crippen molar-refractivity contribution in [2.45, 2.75) is 46.0 Å². The van der Waals surface area contributed by atoms with Crippen LogP contribution in [0.25, 0.3) is 10.9 Å². The predicted octanol–water partition coefficient (Wildman–Crippen LogP) is 3.23. The van der Waals surface area contributed by atoms with Crippen molar-refractivity contribution in [3.05, 3.63) is 30.0 Å². The van der Waals surface area contributed by atoms with Crippen LogP contribution < -0.4 is 10.2 Å². The number of esters is 1. The van der Waals surface area contributed by atoms with Crippen LogP contribution >= 0.6 is 0 Å². The Labute approximate surface area is 189 Å². The van der Waals surface area contributed by atoms with E-state index in [0.717, 1.165) is 42.8 Å². The van der Waals surface area contributed by atoms with Crippen LogP contribution in [-0.2, 0) is 20.9 Å². The number of halogens is 3. The number of carboxylic acid groups (broad SMARTS) is 1. The number of ketones is 1. The summed E-state index contributed by atoms with van der Waals surface area (Å²) in [6.45, 7) is 11.0. The highest BCUT2D eigenvalue weighted by Crippen LogP contribution is 2.28. The standard InChI is InChI=1S/C20H27N3O3.C2HF3O2/c1-14(24)17-12-23(13-19(25)26-20(2,3)4)18-6-5-15(11-16(17)18)22-9-7-21-8-10-22;3-2(4,5)1(6)7/h5-6,11-12,21H,7-10,13H2,1-4H3;(H,6,7). The van der Waals surface area contributed by atoms with E-state index in [4.69, 9.17) is 14.6 Å². The van der Waals surface area contributed by atoms with Crippen LogP contribution in [0.15, 0.2) is 24.4 Å². The fraction of sp³-hybridized carbons (Fsp3) is 0.500. The minimum Gasteiger partial charge on any atom is -0.475 e. The first-order valence-electron chi connectivity index (χ1n) is 10.3. The molecule has 0 atom stereocenters. The average Bonchev–Trinajstić information content (AvgIpc) is 3.05. The molecule has 0 spiro atoms. The molecule has 1 aliphatic heterocycles. The highest BCUT2D eigenvalue weighted by Gasteiger charge is 2.38. The Hall–Kier alpha value is -3.08. The molecule has 1 aromatic heterocycles. The number of nitrogens with one attached hydrogen (secondary N) is 1. The number of anilines is 1. The van der Waals surface area contributed by atoms with Gasteiger partial charge in [0, 0.05) is 54.5 Å². The number of hydrogen-bond acceptors (Lipinski definition) is 6. The number of carbonyl (C=O) groups excluding carboxylic acids is 2. The van der Waals surface area contributed by atoms with E-state index in [1.807, 2.05) is 31.4 Å². The SMILES string of the molecule is CC(=O)c1cn(CC(=O)OC(C)(C)C)c2ccc(N3CCNCC3)cc12.O=C(O)C(F)(F)F. The van der Waals surface area contributed by atoms with Gasteiger partial charge in [-0.3, -0.25) is 9.59 Å². The third-order valence-electron chi connectivity index (χ3n) is 4.69. The Kier molecular flexibility index (Phi) is 8.12. The fourth-order valence-electron chi connectivity index (χ4n) is 3.33. The second kappa shape index (κ2) is 10.2. The Bertz CT molecular complexity index is 1020. The van der Waals surface area contributed by atoms with Gasteiger partial charge in [-0.15, -0.1) is 0 Å². The molecule has 33 heavy (non-hydrogen) atoms. The summed E-state index contributed by atoms with van der Waals surface area (Å²) in [5, 5.41) is 11.4. The number of piperazine rings is 1. The van der Waals surface area contributed by atoms with Crippen molar-refractivity contribution in [2.75, 3.05) is 31.1 Å². The van der Waals surface area contributed by atoms with Crippen LogP contribution in [0.3, 0.4) is 0 Å². The molecule has 0 unspecified atom stereocenters. The zero-order valence-corrected chi connectivity index (χ0v) is 19.0. The van der Waals surface area contributed by atoms with Crippen molar-refractivity contribution in [1.82, 2.24) is 9.88 Å². The van der Waals surface area contributed by atoms with E-state index < -0.39 is 17.7 Å². The highest BCUT2D eigenvalue weighted by molar-refractivity contribution is 6.08. The van der Waals surface area contributed by atoms with Gasteiger partial charge in [-0.05, 0) is 45.9 Å². The number of carboxylic acids is 1. The van der Waals surface area contributed by atoms with Gasteiger partial charge in [0.25, 0.3) is 0 Å². The molecule has 0 saturated carbocycles. The normalized spacial score (nSPS) is 14.5. The summed E-state index contributed by atoms with van der Waals surface area (Å²) < 4.78 is 39.0. The summed E-state index contributed by atoms with van der Waals surface area (Å²) in [7, 11) is 0. The van der Waals surface area contributed by atoms with Crippen LogP contribution in [0.5, 0.6) is 0 Å². The lowest BCUT2D eigenvalue weighted by Gasteiger charge is -2.29. The van der Waals surface area contributed by atoms with E-state index in [0.29, 0.717) is 5.56 Å². The van der Waals surface area contributed by atoms with Gasteiger partial charge in [-0.1, -0.05) is 0 Å². The van der Waals surface area contributed by atoms with Gasteiger partial charge in [0.2, 0.25) is 0 Å². The van der Waals surface area contributed by atoms with Crippen molar-refractivity contribution in [2.24, 2.45) is 0 Å². The molecule has 2 N–H and O–H groups in total. The maximum Gasteiger partial charge on any atom is 0.490 e. The molecule has 0 aliphatic carbocycles. The molecule has 0 amide bonds. The maximum atomic E-state index is 12.2. The van der Waals surface area contributed by atoms with E-state index in [1.165, 1.54) is 0 Å². The number of rotatable bonds is 4. The number of benzene rings is 1. The Balaban J connectivity index is 0.000000479. The minimum absolute atomic E-state index is 0.00426. The van der Waals surface area contributed by atoms with Crippen LogP contribution in [-0.4, -0.2) is 65.4 Å². The van der Waals surface area contributed by atoms with Gasteiger partial charge < -0.3 is 24.6 Å². The number of carbonyl (C=O) groups is 3. The third-order valence-corrected chi connectivity index (χ3v) is 4.69. The second-order valence-electron chi connectivity index (χ2n) is 8.55. The molecule has 8 nitrogen and oxygen atoms in total. The van der Waals surface area contributed by atoms with Gasteiger partial charge in [-0.2, -0.15) is 13.2 Å². The molecular formula is C22H28F3N3O5. The van der Waals surface area contributed by atoms with Gasteiger partial charge in [0.1, 0.15) is 12.1 Å².